The van der Waals surface area contributed by atoms with Crippen LogP contribution in [-0.4, -0.2) is 0 Å². The molecule has 0 unspecified atom stereocenters. The second-order valence-electron chi connectivity index (χ2n) is 18.6. The van der Waals surface area contributed by atoms with Crippen molar-refractivity contribution in [2.75, 3.05) is 0 Å². The van der Waals surface area contributed by atoms with Crippen LogP contribution >= 0.6 is 0 Å². The molecule has 10 rings (SSSR count). The Morgan fingerprint density at radius 1 is 0.200 bits per heavy atom. The normalized spacial score (nSPS) is 11.1. The molecule has 0 saturated carbocycles. The van der Waals surface area contributed by atoms with Crippen molar-refractivity contribution in [2.45, 2.75) is 64.5 Å². The van der Waals surface area contributed by atoms with E-state index in [9.17, 15) is 0 Å². The van der Waals surface area contributed by atoms with Gasteiger partial charge in [-0.2, -0.15) is 0 Å². The number of hydrogen-bond acceptors (Lipinski definition) is 0. The highest BCUT2D eigenvalue weighted by Gasteiger charge is 2.20. The maximum absolute atomic E-state index is 2.38. The molecule has 70 heavy (non-hydrogen) atoms. The van der Waals surface area contributed by atoms with Gasteiger partial charge < -0.3 is 0 Å². The fourth-order valence-corrected chi connectivity index (χ4v) is 10.1. The molecule has 0 bridgehead atoms. The highest BCUT2D eigenvalue weighted by atomic mass is 14.9. The van der Waals surface area contributed by atoms with E-state index in [1.807, 2.05) is 0 Å². The lowest BCUT2D eigenvalue weighted by Crippen LogP contribution is -2.32. The van der Waals surface area contributed by atoms with Crippen LogP contribution in [0.15, 0.2) is 255 Å². The second kappa shape index (κ2) is 22.9. The summed E-state index contributed by atoms with van der Waals surface area (Å²) in [4.78, 5) is 0. The smallest absolute Gasteiger partial charge is 0.169 e. The van der Waals surface area contributed by atoms with Crippen molar-refractivity contribution < 1.29 is 9.13 Å². The molecular weight excluding hydrogens is 845 g/mol. The molecule has 0 amide bonds. The predicted octanol–water partition coefficient (Wildman–Crippen LogP) is 17.4. The van der Waals surface area contributed by atoms with Gasteiger partial charge in [-0.05, 0) is 126 Å². The first-order valence-corrected chi connectivity index (χ1v) is 25.4. The van der Waals surface area contributed by atoms with Gasteiger partial charge in [-0.15, -0.1) is 0 Å². The third-order valence-corrected chi connectivity index (χ3v) is 13.8. The lowest BCUT2D eigenvalue weighted by Gasteiger charge is -2.19. The molecule has 0 atom stereocenters. The van der Waals surface area contributed by atoms with Crippen LogP contribution < -0.4 is 9.13 Å². The Morgan fingerprint density at radius 2 is 0.429 bits per heavy atom. The number of nitrogens with zero attached hydrogens (tertiary/aromatic N) is 2. The van der Waals surface area contributed by atoms with Gasteiger partial charge in [0.25, 0.3) is 0 Å². The first-order chi connectivity index (χ1) is 34.7. The molecule has 2 nitrogen and oxygen atoms in total. The van der Waals surface area contributed by atoms with Crippen LogP contribution in [0.2, 0.25) is 0 Å². The first-order valence-electron chi connectivity index (χ1n) is 25.4. The van der Waals surface area contributed by atoms with Crippen LogP contribution in [0.1, 0.15) is 51.4 Å². The number of benzene rings is 8. The quantitative estimate of drug-likeness (QED) is 0.0564. The van der Waals surface area contributed by atoms with Crippen LogP contribution in [0, 0.1) is 0 Å². The Labute approximate surface area is 415 Å². The summed E-state index contributed by atoms with van der Waals surface area (Å²) in [5.41, 5.74) is 19.9. The van der Waals surface area contributed by atoms with E-state index in [-0.39, 0.29) is 0 Å². The Bertz CT molecular complexity index is 2840. The summed E-state index contributed by atoms with van der Waals surface area (Å²) >= 11 is 0. The SMILES string of the molecule is c1ccc(-c2cc(-c3ccccc3)c(-c3cc[n+](CCCCCCCCCC[n+]4ccc(-c5c(-c6ccccc6)cc(-c6ccccc6)cc5-c5ccccc5)cc4)cc3)c(-c3ccccc3)c2)cc1. The minimum atomic E-state index is 1.04. The maximum Gasteiger partial charge on any atom is 0.169 e. The molecule has 0 fully saturated rings. The molecule has 342 valence electrons. The molecule has 0 spiro atoms. The average molecular weight is 907 g/mol. The Hall–Kier alpha value is -7.94. The monoisotopic (exact) mass is 906 g/mol. The zero-order valence-electron chi connectivity index (χ0n) is 40.2. The molecule has 0 aliphatic carbocycles. The van der Waals surface area contributed by atoms with Gasteiger partial charge in [-0.3, -0.25) is 0 Å². The van der Waals surface area contributed by atoms with Gasteiger partial charge in [0, 0.05) is 37.1 Å². The summed E-state index contributed by atoms with van der Waals surface area (Å²) < 4.78 is 4.73. The highest BCUT2D eigenvalue weighted by Crippen LogP contribution is 2.45. The molecule has 0 radical (unpaired) electrons. The first kappa shape index (κ1) is 45.8. The van der Waals surface area contributed by atoms with Gasteiger partial charge in [0.15, 0.2) is 24.8 Å². The van der Waals surface area contributed by atoms with E-state index in [1.54, 1.807) is 0 Å². The topological polar surface area (TPSA) is 7.76 Å². The van der Waals surface area contributed by atoms with Crippen molar-refractivity contribution in [1.29, 1.82) is 0 Å². The molecule has 0 aliphatic heterocycles. The summed E-state index contributed by atoms with van der Waals surface area (Å²) in [5, 5.41) is 0. The van der Waals surface area contributed by atoms with Crippen molar-refractivity contribution in [3.63, 3.8) is 0 Å². The van der Waals surface area contributed by atoms with Gasteiger partial charge in [0.05, 0.1) is 0 Å². The summed E-state index contributed by atoms with van der Waals surface area (Å²) in [7, 11) is 0. The van der Waals surface area contributed by atoms with E-state index in [4.69, 9.17) is 0 Å². The number of aromatic nitrogens is 2. The van der Waals surface area contributed by atoms with E-state index >= 15 is 0 Å². The molecule has 0 aliphatic rings. The second-order valence-corrected chi connectivity index (χ2v) is 18.6. The third-order valence-electron chi connectivity index (χ3n) is 13.8. The van der Waals surface area contributed by atoms with Gasteiger partial charge in [-0.1, -0.05) is 208 Å². The number of hydrogen-bond donors (Lipinski definition) is 0. The molecule has 2 aromatic heterocycles. The molecule has 2 heteroatoms. The largest absolute Gasteiger partial charge is 0.205 e. The fraction of sp³-hybridized carbons (Fsp3) is 0.147. The summed E-state index contributed by atoms with van der Waals surface area (Å²) in [6, 6.07) is 83.7. The minimum absolute atomic E-state index is 1.04. The summed E-state index contributed by atoms with van der Waals surface area (Å²) in [6.07, 6.45) is 19.3. The Balaban J connectivity index is 0.729. The summed E-state index contributed by atoms with van der Waals surface area (Å²) in [6.45, 7) is 2.08. The minimum Gasteiger partial charge on any atom is -0.205 e. The van der Waals surface area contributed by atoms with Crippen LogP contribution in [0.5, 0.6) is 0 Å². The number of unbranched alkanes of at least 4 members (excludes halogenated alkanes) is 7. The van der Waals surface area contributed by atoms with E-state index in [2.05, 4.69) is 264 Å². The molecular formula is C68H62N2+2. The molecule has 10 aromatic rings. The molecule has 8 aromatic carbocycles. The third kappa shape index (κ3) is 11.2. The maximum atomic E-state index is 2.38. The van der Waals surface area contributed by atoms with Crippen LogP contribution in [0.25, 0.3) is 89.0 Å². The van der Waals surface area contributed by atoms with E-state index < -0.39 is 0 Å². The van der Waals surface area contributed by atoms with Gasteiger partial charge >= 0.3 is 0 Å². The fourth-order valence-electron chi connectivity index (χ4n) is 10.1. The average Bonchev–Trinajstić information content (AvgIpc) is 3.44. The lowest BCUT2D eigenvalue weighted by molar-refractivity contribution is -0.697. The standard InChI is InChI=1S/C68H62N2/c1(3-5-25-43-69-45-39-59(40-46-69)67-63(55-31-17-9-18-32-55)49-61(53-27-13-7-14-28-53)50-64(67)56-33-19-10-20-34-56)2-4-6-26-44-70-47-41-60(42-48-70)68-65(57-35-21-11-22-36-57)51-62(54-29-15-8-16-30-54)52-66(68)58-37-23-12-24-38-58/h7-24,27-42,45-52H,1-6,25-26,43-44H2/q+2. The summed E-state index contributed by atoms with van der Waals surface area (Å²) in [5.74, 6) is 0. The van der Waals surface area contributed by atoms with Gasteiger partial charge in [0.2, 0.25) is 0 Å². The Kier molecular flexibility index (Phi) is 15.0. The number of rotatable bonds is 19. The lowest BCUT2D eigenvalue weighted by atomic mass is 9.85. The van der Waals surface area contributed by atoms with Crippen molar-refractivity contribution in [1.82, 2.24) is 0 Å². The van der Waals surface area contributed by atoms with Gasteiger partial charge in [-0.25, -0.2) is 9.13 Å². The highest BCUT2D eigenvalue weighted by molar-refractivity contribution is 5.99. The zero-order chi connectivity index (χ0) is 47.2. The van der Waals surface area contributed by atoms with E-state index in [0.29, 0.717) is 0 Å². The molecule has 0 saturated heterocycles. The predicted molar refractivity (Wildman–Crippen MR) is 294 cm³/mol. The van der Waals surface area contributed by atoms with Crippen molar-refractivity contribution in [3.8, 4) is 89.0 Å². The van der Waals surface area contributed by atoms with Crippen LogP contribution in [0.3, 0.4) is 0 Å². The number of aryl methyl sites for hydroxylation is 2. The van der Waals surface area contributed by atoms with E-state index in [0.717, 1.165) is 13.1 Å². The van der Waals surface area contributed by atoms with Gasteiger partial charge in [0.1, 0.15) is 13.1 Å². The number of pyridine rings is 2. The van der Waals surface area contributed by atoms with Crippen molar-refractivity contribution in [3.05, 3.63) is 255 Å². The molecule has 0 N–H and O–H groups in total. The van der Waals surface area contributed by atoms with Crippen molar-refractivity contribution >= 4 is 0 Å². The van der Waals surface area contributed by atoms with Crippen LogP contribution in [-0.2, 0) is 13.1 Å². The zero-order valence-corrected chi connectivity index (χ0v) is 40.2. The van der Waals surface area contributed by atoms with Crippen LogP contribution in [0.4, 0.5) is 0 Å². The molecule has 2 heterocycles. The van der Waals surface area contributed by atoms with Crippen molar-refractivity contribution in [2.24, 2.45) is 0 Å². The van der Waals surface area contributed by atoms with E-state index in [1.165, 1.54) is 140 Å². The Morgan fingerprint density at radius 3 is 0.686 bits per heavy atom.